The van der Waals surface area contributed by atoms with E-state index >= 15 is 0 Å². The molecule has 2 aromatic rings. The van der Waals surface area contributed by atoms with Crippen molar-refractivity contribution in [3.63, 3.8) is 0 Å². The molecule has 0 saturated carbocycles. The van der Waals surface area contributed by atoms with Crippen molar-refractivity contribution < 1.29 is 19.2 Å². The molecule has 2 aliphatic heterocycles. The van der Waals surface area contributed by atoms with Gasteiger partial charge in [-0.2, -0.15) is 0 Å². The Hall–Kier alpha value is -3.33. The Labute approximate surface area is 174 Å². The fourth-order valence-electron chi connectivity index (χ4n) is 3.85. The van der Waals surface area contributed by atoms with Crippen molar-refractivity contribution >= 4 is 17.3 Å². The fraction of sp³-hybridized carbons (Fsp3) is 0.381. The van der Waals surface area contributed by atoms with E-state index in [-0.39, 0.29) is 31.0 Å². The van der Waals surface area contributed by atoms with E-state index in [0.717, 1.165) is 31.5 Å². The van der Waals surface area contributed by atoms with Gasteiger partial charge in [-0.15, -0.1) is 0 Å². The van der Waals surface area contributed by atoms with Gasteiger partial charge in [-0.25, -0.2) is 0 Å². The lowest BCUT2D eigenvalue weighted by atomic mass is 10.0. The van der Waals surface area contributed by atoms with Crippen LogP contribution in [0.4, 0.5) is 11.4 Å². The van der Waals surface area contributed by atoms with E-state index in [4.69, 9.17) is 9.47 Å². The van der Waals surface area contributed by atoms with Gasteiger partial charge in [0.05, 0.1) is 16.2 Å². The molecule has 158 valence electrons. The van der Waals surface area contributed by atoms with Crippen molar-refractivity contribution in [2.45, 2.75) is 25.4 Å². The van der Waals surface area contributed by atoms with Crippen LogP contribution < -0.4 is 25.0 Å². The van der Waals surface area contributed by atoms with Gasteiger partial charge < -0.3 is 25.0 Å². The molecule has 30 heavy (non-hydrogen) atoms. The molecule has 4 rings (SSSR count). The van der Waals surface area contributed by atoms with Crippen LogP contribution in [-0.4, -0.2) is 43.8 Å². The highest BCUT2D eigenvalue weighted by molar-refractivity contribution is 6.00. The van der Waals surface area contributed by atoms with Gasteiger partial charge in [-0.1, -0.05) is 6.07 Å². The molecule has 0 radical (unpaired) electrons. The molecule has 2 aromatic carbocycles. The number of piperidine rings is 1. The average Bonchev–Trinajstić information content (AvgIpc) is 3.25. The van der Waals surface area contributed by atoms with E-state index in [2.05, 4.69) is 15.5 Å². The number of anilines is 1. The quantitative estimate of drug-likeness (QED) is 0.554. The van der Waals surface area contributed by atoms with Crippen LogP contribution >= 0.6 is 0 Å². The van der Waals surface area contributed by atoms with Crippen LogP contribution in [0.2, 0.25) is 0 Å². The molecule has 0 spiro atoms. The SMILES string of the molecule is CN(c1ccc([N+](=O)[O-])cc1C(=O)NCc1ccc2c(c1)OCO2)C1CCNCC1. The van der Waals surface area contributed by atoms with Crippen LogP contribution in [0, 0.1) is 10.1 Å². The molecular weight excluding hydrogens is 388 g/mol. The van der Waals surface area contributed by atoms with E-state index in [1.54, 1.807) is 12.1 Å². The summed E-state index contributed by atoms with van der Waals surface area (Å²) in [6, 6.07) is 10.2. The maximum Gasteiger partial charge on any atom is 0.270 e. The summed E-state index contributed by atoms with van der Waals surface area (Å²) in [6.07, 6.45) is 1.90. The maximum atomic E-state index is 13.0. The number of ether oxygens (including phenoxy) is 2. The van der Waals surface area contributed by atoms with Gasteiger partial charge >= 0.3 is 0 Å². The van der Waals surface area contributed by atoms with E-state index < -0.39 is 4.92 Å². The summed E-state index contributed by atoms with van der Waals surface area (Å²) in [5.74, 6) is 0.963. The number of nitro groups is 1. The average molecular weight is 412 g/mol. The third kappa shape index (κ3) is 4.16. The molecule has 0 unspecified atom stereocenters. The zero-order valence-corrected chi connectivity index (χ0v) is 16.7. The highest BCUT2D eigenvalue weighted by atomic mass is 16.7. The van der Waals surface area contributed by atoms with E-state index in [1.165, 1.54) is 12.1 Å². The smallest absolute Gasteiger partial charge is 0.270 e. The largest absolute Gasteiger partial charge is 0.454 e. The van der Waals surface area contributed by atoms with Crippen LogP contribution in [0.25, 0.3) is 0 Å². The topological polar surface area (TPSA) is 106 Å². The number of rotatable bonds is 6. The second kappa shape index (κ2) is 8.58. The van der Waals surface area contributed by atoms with E-state index in [9.17, 15) is 14.9 Å². The first-order chi connectivity index (χ1) is 14.5. The summed E-state index contributed by atoms with van der Waals surface area (Å²) in [6.45, 7) is 2.28. The molecule has 2 N–H and O–H groups in total. The second-order valence-electron chi connectivity index (χ2n) is 7.42. The number of benzene rings is 2. The molecular formula is C21H24N4O5. The number of non-ortho nitro benzene ring substituents is 1. The number of nitro benzene ring substituents is 1. The number of amides is 1. The zero-order chi connectivity index (χ0) is 21.1. The number of carbonyl (C=O) groups excluding carboxylic acids is 1. The van der Waals surface area contributed by atoms with E-state index in [0.29, 0.717) is 22.7 Å². The first-order valence-electron chi connectivity index (χ1n) is 9.91. The number of nitrogens with zero attached hydrogens (tertiary/aromatic N) is 2. The number of carbonyl (C=O) groups is 1. The van der Waals surface area contributed by atoms with Gasteiger partial charge in [-0.3, -0.25) is 14.9 Å². The predicted molar refractivity (Wildman–Crippen MR) is 111 cm³/mol. The van der Waals surface area contributed by atoms with Gasteiger partial charge in [0.1, 0.15) is 0 Å². The summed E-state index contributed by atoms with van der Waals surface area (Å²) in [5.41, 5.74) is 1.73. The van der Waals surface area contributed by atoms with Crippen molar-refractivity contribution in [1.82, 2.24) is 10.6 Å². The third-order valence-corrected chi connectivity index (χ3v) is 5.56. The molecule has 1 fully saturated rings. The Kier molecular flexibility index (Phi) is 5.71. The summed E-state index contributed by atoms with van der Waals surface area (Å²) >= 11 is 0. The van der Waals surface area contributed by atoms with Gasteiger partial charge in [0, 0.05) is 31.8 Å². The van der Waals surface area contributed by atoms with Gasteiger partial charge in [0.25, 0.3) is 11.6 Å². The van der Waals surface area contributed by atoms with Gasteiger partial charge in [0.2, 0.25) is 6.79 Å². The van der Waals surface area contributed by atoms with Crippen LogP contribution in [0.1, 0.15) is 28.8 Å². The molecule has 9 heteroatoms. The second-order valence-corrected chi connectivity index (χ2v) is 7.42. The van der Waals surface area contributed by atoms with Crippen LogP contribution in [0.5, 0.6) is 11.5 Å². The summed E-state index contributed by atoms with van der Waals surface area (Å²) in [4.78, 5) is 25.9. The number of hydrogen-bond acceptors (Lipinski definition) is 7. The standard InChI is InChI=1S/C21H24N4O5/c1-24(15-6-8-22-9-7-15)18-4-3-16(25(27)28)11-17(18)21(26)23-12-14-2-5-19-20(10-14)30-13-29-19/h2-5,10-11,15,22H,6-9,12-13H2,1H3,(H,23,26). The Balaban J connectivity index is 1.54. The number of nitrogens with one attached hydrogen (secondary N) is 2. The van der Waals surface area contributed by atoms with Crippen LogP contribution in [0.3, 0.4) is 0 Å². The van der Waals surface area contributed by atoms with Crippen LogP contribution in [-0.2, 0) is 6.54 Å². The maximum absolute atomic E-state index is 13.0. The predicted octanol–water partition coefficient (Wildman–Crippen LogP) is 2.44. The third-order valence-electron chi connectivity index (χ3n) is 5.56. The molecule has 0 aliphatic carbocycles. The lowest BCUT2D eigenvalue weighted by molar-refractivity contribution is -0.384. The monoisotopic (exact) mass is 412 g/mol. The Bertz CT molecular complexity index is 958. The van der Waals surface area contributed by atoms with Crippen molar-refractivity contribution in [2.75, 3.05) is 31.8 Å². The molecule has 2 heterocycles. The lowest BCUT2D eigenvalue weighted by Crippen LogP contribution is -2.42. The van der Waals surface area contributed by atoms with Crippen molar-refractivity contribution in [3.8, 4) is 11.5 Å². The molecule has 0 atom stereocenters. The van der Waals surface area contributed by atoms with E-state index in [1.807, 2.05) is 19.2 Å². The molecule has 0 aromatic heterocycles. The molecule has 9 nitrogen and oxygen atoms in total. The van der Waals surface area contributed by atoms with Gasteiger partial charge in [-0.05, 0) is 49.7 Å². The van der Waals surface area contributed by atoms with Crippen LogP contribution in [0.15, 0.2) is 36.4 Å². The number of fused-ring (bicyclic) bond motifs is 1. The van der Waals surface area contributed by atoms with Gasteiger partial charge in [0.15, 0.2) is 11.5 Å². The first-order valence-corrected chi connectivity index (χ1v) is 9.91. The highest BCUT2D eigenvalue weighted by Gasteiger charge is 2.24. The Morgan fingerprint density at radius 3 is 2.73 bits per heavy atom. The minimum atomic E-state index is -0.483. The van der Waals surface area contributed by atoms with Crippen molar-refractivity contribution in [1.29, 1.82) is 0 Å². The summed E-state index contributed by atoms with van der Waals surface area (Å²) < 4.78 is 10.7. The molecule has 2 aliphatic rings. The van der Waals surface area contributed by atoms with Crippen molar-refractivity contribution in [2.24, 2.45) is 0 Å². The fourth-order valence-corrected chi connectivity index (χ4v) is 3.85. The number of hydrogen-bond donors (Lipinski definition) is 2. The van der Waals surface area contributed by atoms with Crippen molar-refractivity contribution in [3.05, 3.63) is 57.6 Å². The molecule has 0 bridgehead atoms. The highest BCUT2D eigenvalue weighted by Crippen LogP contribution is 2.32. The normalized spacial score (nSPS) is 15.6. The minimum Gasteiger partial charge on any atom is -0.454 e. The summed E-state index contributed by atoms with van der Waals surface area (Å²) in [7, 11) is 1.94. The molecule has 1 saturated heterocycles. The lowest BCUT2D eigenvalue weighted by Gasteiger charge is -2.34. The first kappa shape index (κ1) is 20.0. The molecule has 1 amide bonds. The Morgan fingerprint density at radius 2 is 1.97 bits per heavy atom. The Morgan fingerprint density at radius 1 is 1.20 bits per heavy atom. The summed E-state index contributed by atoms with van der Waals surface area (Å²) in [5, 5.41) is 17.5. The minimum absolute atomic E-state index is 0.106. The zero-order valence-electron chi connectivity index (χ0n) is 16.7.